The van der Waals surface area contributed by atoms with Gasteiger partial charge in [0.25, 0.3) is 5.91 Å². The highest BCUT2D eigenvalue weighted by Crippen LogP contribution is 2.52. The molecule has 2 saturated carbocycles. The van der Waals surface area contributed by atoms with E-state index >= 15 is 0 Å². The van der Waals surface area contributed by atoms with E-state index in [1.165, 1.54) is 5.56 Å². The largest absolute Gasteiger partial charge is 0.487 e. The number of Topliss-reactive ketones (excluding diaryl/α,β-unsaturated/α-hetero) is 1. The number of carbonyl (C=O) groups excluding carboxylic acids is 2. The smallest absolute Gasteiger partial charge is 0.264 e. The molecule has 6 rings (SSSR count). The third-order valence-electron chi connectivity index (χ3n) is 9.70. The van der Waals surface area contributed by atoms with Gasteiger partial charge in [0.15, 0.2) is 0 Å². The van der Waals surface area contributed by atoms with Gasteiger partial charge in [-0.25, -0.2) is 13.1 Å². The Balaban J connectivity index is 1.37. The third kappa shape index (κ3) is 5.25. The van der Waals surface area contributed by atoms with Gasteiger partial charge in [0.2, 0.25) is 10.0 Å². The van der Waals surface area contributed by atoms with Crippen LogP contribution in [0.1, 0.15) is 79.8 Å². The zero-order valence-electron chi connectivity index (χ0n) is 23.0. The number of sulfonamides is 1. The first-order valence-corrected chi connectivity index (χ1v) is 16.4. The minimum Gasteiger partial charge on any atom is -0.487 e. The molecule has 9 heteroatoms. The Hall–Kier alpha value is -2.58. The van der Waals surface area contributed by atoms with Crippen molar-refractivity contribution in [2.45, 2.75) is 76.1 Å². The van der Waals surface area contributed by atoms with Crippen LogP contribution in [-0.2, 0) is 27.8 Å². The number of aryl methyl sites for hydroxylation is 1. The molecule has 1 N–H and O–H groups in total. The Morgan fingerprint density at radius 2 is 1.85 bits per heavy atom. The molecule has 0 radical (unpaired) electrons. The highest BCUT2D eigenvalue weighted by atomic mass is 35.5. The summed E-state index contributed by atoms with van der Waals surface area (Å²) < 4.78 is 34.2. The Morgan fingerprint density at radius 3 is 2.65 bits per heavy atom. The lowest BCUT2D eigenvalue weighted by atomic mass is 9.70. The Labute approximate surface area is 241 Å². The highest BCUT2D eigenvalue weighted by Gasteiger charge is 2.60. The number of hydrogen-bond acceptors (Lipinski definition) is 6. The highest BCUT2D eigenvalue weighted by molar-refractivity contribution is 7.91. The number of nitrogens with one attached hydrogen (secondary N) is 1. The Morgan fingerprint density at radius 1 is 1.00 bits per heavy atom. The number of ether oxygens (including phenoxy) is 1. The zero-order chi connectivity index (χ0) is 28.1. The first kappa shape index (κ1) is 27.6. The van der Waals surface area contributed by atoms with Gasteiger partial charge in [-0.3, -0.25) is 9.59 Å². The second-order valence-corrected chi connectivity index (χ2v) is 14.8. The third-order valence-corrected chi connectivity index (χ3v) is 12.1. The number of rotatable bonds is 0. The molecule has 214 valence electrons. The van der Waals surface area contributed by atoms with Gasteiger partial charge in [0.05, 0.1) is 10.4 Å². The zero-order valence-corrected chi connectivity index (χ0v) is 24.5. The number of anilines is 1. The number of amides is 1. The maximum Gasteiger partial charge on any atom is 0.264 e. The molecular weight excluding hydrogens is 548 g/mol. The van der Waals surface area contributed by atoms with Crippen LogP contribution < -0.4 is 14.4 Å². The number of nitrogens with zero attached hydrogens (tertiary/aromatic N) is 1. The van der Waals surface area contributed by atoms with Crippen LogP contribution in [0.4, 0.5) is 5.69 Å². The van der Waals surface area contributed by atoms with E-state index < -0.39 is 20.7 Å². The van der Waals surface area contributed by atoms with Crippen LogP contribution >= 0.6 is 11.6 Å². The van der Waals surface area contributed by atoms with E-state index in [1.807, 2.05) is 18.2 Å². The van der Waals surface area contributed by atoms with Gasteiger partial charge in [-0.15, -0.1) is 0 Å². The minimum absolute atomic E-state index is 0.0373. The number of carbonyl (C=O) groups is 2. The fourth-order valence-corrected chi connectivity index (χ4v) is 8.51. The van der Waals surface area contributed by atoms with Gasteiger partial charge in [-0.1, -0.05) is 17.7 Å². The van der Waals surface area contributed by atoms with Gasteiger partial charge < -0.3 is 9.64 Å². The van der Waals surface area contributed by atoms with Crippen molar-refractivity contribution >= 4 is 39.0 Å². The van der Waals surface area contributed by atoms with Crippen molar-refractivity contribution in [2.75, 3.05) is 18.0 Å². The van der Waals surface area contributed by atoms with Crippen LogP contribution in [0.5, 0.6) is 5.75 Å². The van der Waals surface area contributed by atoms with Crippen molar-refractivity contribution in [3.8, 4) is 5.75 Å². The molecule has 7 nitrogen and oxygen atoms in total. The molecule has 4 atom stereocenters. The van der Waals surface area contributed by atoms with Crippen LogP contribution in [0.15, 0.2) is 36.4 Å². The molecule has 2 aromatic carbocycles. The van der Waals surface area contributed by atoms with Crippen LogP contribution in [0.2, 0.25) is 5.02 Å². The van der Waals surface area contributed by atoms with Gasteiger partial charge in [-0.05, 0) is 112 Å². The molecule has 0 saturated heterocycles. The van der Waals surface area contributed by atoms with E-state index in [0.29, 0.717) is 55.4 Å². The fraction of sp³-hybridized carbons (Fsp3) is 0.548. The maximum atomic E-state index is 13.3. The van der Waals surface area contributed by atoms with E-state index in [9.17, 15) is 18.0 Å². The summed E-state index contributed by atoms with van der Waals surface area (Å²) in [7, 11) is -3.87. The van der Waals surface area contributed by atoms with Crippen molar-refractivity contribution in [2.24, 2.45) is 17.8 Å². The molecule has 2 aliphatic heterocycles. The molecule has 40 heavy (non-hydrogen) atoms. The standard InChI is InChI=1S/C31H37ClN2O5S/c1-31-17-24(31)6-4-7-28(35)26-12-9-22(26)18-34-14-3-2-5-20-15-25(32)11-8-23(20)19-39-29-13-10-21(16-27(29)34)30(36)33-40(31,37)38/h8,10-11,13,15-16,22,24,26H,2-7,9,12,14,17-19H2,1H3,(H,33,36)/t22-,24+,26+,31+/m0/s1. The predicted molar refractivity (Wildman–Crippen MR) is 155 cm³/mol. The van der Waals surface area contributed by atoms with Gasteiger partial charge in [0.1, 0.15) is 18.1 Å². The molecule has 4 aliphatic rings. The van der Waals surface area contributed by atoms with Gasteiger partial charge >= 0.3 is 0 Å². The molecule has 0 spiro atoms. The number of ketones is 1. The summed E-state index contributed by atoms with van der Waals surface area (Å²) in [5.74, 6) is 0.593. The predicted octanol–water partition coefficient (Wildman–Crippen LogP) is 5.68. The average Bonchev–Trinajstić information content (AvgIpc) is 3.58. The Kier molecular flexibility index (Phi) is 7.36. The summed E-state index contributed by atoms with van der Waals surface area (Å²) >= 11 is 6.29. The van der Waals surface area contributed by atoms with E-state index in [-0.39, 0.29) is 23.3 Å². The molecular formula is C31H37ClN2O5S. The molecule has 2 aliphatic carbocycles. The van der Waals surface area contributed by atoms with Crippen molar-refractivity contribution in [3.63, 3.8) is 0 Å². The van der Waals surface area contributed by atoms with Crippen LogP contribution in [0.3, 0.4) is 0 Å². The molecule has 2 aromatic rings. The lowest BCUT2D eigenvalue weighted by Crippen LogP contribution is -2.42. The summed E-state index contributed by atoms with van der Waals surface area (Å²) in [6.45, 7) is 3.51. The molecule has 2 heterocycles. The first-order chi connectivity index (χ1) is 19.1. The molecule has 0 unspecified atom stereocenters. The maximum absolute atomic E-state index is 13.3. The van der Waals surface area contributed by atoms with Crippen LogP contribution in [-0.4, -0.2) is 37.9 Å². The van der Waals surface area contributed by atoms with Crippen LogP contribution in [0, 0.1) is 17.8 Å². The van der Waals surface area contributed by atoms with E-state index in [0.717, 1.165) is 49.9 Å². The second-order valence-electron chi connectivity index (χ2n) is 12.2. The van der Waals surface area contributed by atoms with Crippen molar-refractivity contribution < 1.29 is 22.7 Å². The summed E-state index contributed by atoms with van der Waals surface area (Å²) in [4.78, 5) is 28.7. The topological polar surface area (TPSA) is 92.8 Å². The molecule has 2 fully saturated rings. The van der Waals surface area contributed by atoms with Crippen molar-refractivity contribution in [1.29, 1.82) is 0 Å². The normalized spacial score (nSPS) is 30.2. The lowest BCUT2D eigenvalue weighted by molar-refractivity contribution is -0.127. The average molecular weight is 585 g/mol. The number of fused-ring (bicyclic) bond motifs is 4. The van der Waals surface area contributed by atoms with Gasteiger partial charge in [0, 0.05) is 36.0 Å². The summed E-state index contributed by atoms with van der Waals surface area (Å²) in [5.41, 5.74) is 3.30. The molecule has 1 amide bonds. The Bertz CT molecular complexity index is 1440. The van der Waals surface area contributed by atoms with E-state index in [4.69, 9.17) is 16.3 Å². The second kappa shape index (κ2) is 10.7. The molecule has 2 bridgehead atoms. The van der Waals surface area contributed by atoms with Gasteiger partial charge in [-0.2, -0.15) is 0 Å². The lowest BCUT2D eigenvalue weighted by Gasteiger charge is -2.40. The number of hydrogen-bond donors (Lipinski definition) is 1. The quantitative estimate of drug-likeness (QED) is 0.428. The summed E-state index contributed by atoms with van der Waals surface area (Å²) in [5, 5.41) is 0.706. The number of benzene rings is 2. The minimum atomic E-state index is -3.87. The number of halogens is 1. The SMILES string of the molecule is C[C@@]12C[C@H]1CCCC(=O)[C@@H]1CC[C@H]1CN1CCCCc3cc(Cl)ccc3COc3ccc(cc31)C(=O)NS2(=O)=O. The van der Waals surface area contributed by atoms with Crippen molar-refractivity contribution in [3.05, 3.63) is 58.1 Å². The van der Waals surface area contributed by atoms with Crippen molar-refractivity contribution in [1.82, 2.24) is 4.72 Å². The fourth-order valence-electron chi connectivity index (χ4n) is 6.75. The van der Waals surface area contributed by atoms with E-state index in [1.54, 1.807) is 25.1 Å². The summed E-state index contributed by atoms with van der Waals surface area (Å²) in [6.07, 6.45) is 7.06. The first-order valence-electron chi connectivity index (χ1n) is 14.5. The van der Waals surface area contributed by atoms with E-state index in [2.05, 4.69) is 9.62 Å². The molecule has 0 aromatic heterocycles. The summed E-state index contributed by atoms with van der Waals surface area (Å²) in [6, 6.07) is 11.0. The van der Waals surface area contributed by atoms with Crippen LogP contribution in [0.25, 0.3) is 0 Å². The monoisotopic (exact) mass is 584 g/mol.